The third-order valence-corrected chi connectivity index (χ3v) is 7.80. The summed E-state index contributed by atoms with van der Waals surface area (Å²) >= 11 is 1.61. The Morgan fingerprint density at radius 2 is 1.87 bits per heavy atom. The minimum atomic E-state index is -0.406. The Hall–Kier alpha value is -3.40. The smallest absolute Gasteiger partial charge is 0.258 e. The van der Waals surface area contributed by atoms with Gasteiger partial charge in [-0.15, -0.1) is 11.8 Å². The molecule has 3 amide bonds. The number of hydrogen-bond donors (Lipinski definition) is 2. The maximum absolute atomic E-state index is 13.0. The van der Waals surface area contributed by atoms with E-state index in [1.165, 1.54) is 7.11 Å². The highest BCUT2D eigenvalue weighted by molar-refractivity contribution is 8.00. The number of carbonyl (C=O) groups excluding carboxylic acids is 3. The Morgan fingerprint density at radius 3 is 2.62 bits per heavy atom. The summed E-state index contributed by atoms with van der Waals surface area (Å²) in [4.78, 5) is 40.0. The number of nitrogens with zero attached hydrogens (tertiary/aromatic N) is 1. The Morgan fingerprint density at radius 1 is 1.10 bits per heavy atom. The quantitative estimate of drug-likeness (QED) is 0.598. The molecule has 4 bridgehead atoms. The van der Waals surface area contributed by atoms with Gasteiger partial charge in [-0.1, -0.05) is 32.0 Å². The number of ether oxygens (including phenoxy) is 3. The Bertz CT molecular complexity index is 1160. The van der Waals surface area contributed by atoms with Gasteiger partial charge < -0.3 is 29.7 Å². The number of methoxy groups -OCH3 is 1. The number of aryl methyl sites for hydroxylation is 1. The SMILES string of the molecule is COc1cc2ccc1OCC(=O)N[C@@H]1CN(C(=O)CSC(C)C)CC[C@H]1Oc1ccc(cc1)CNC(=O)CC2. The van der Waals surface area contributed by atoms with Crippen LogP contribution in [0.15, 0.2) is 42.5 Å². The molecule has 0 unspecified atom stereocenters. The monoisotopic (exact) mass is 555 g/mol. The molecule has 0 aromatic heterocycles. The average Bonchev–Trinajstić information content (AvgIpc) is 2.93. The molecule has 2 aromatic carbocycles. The summed E-state index contributed by atoms with van der Waals surface area (Å²) in [6, 6.07) is 12.6. The van der Waals surface area contributed by atoms with Crippen LogP contribution in [0.5, 0.6) is 17.2 Å². The molecule has 2 aromatic rings. The van der Waals surface area contributed by atoms with E-state index in [9.17, 15) is 14.4 Å². The van der Waals surface area contributed by atoms with Crippen LogP contribution in [0.3, 0.4) is 0 Å². The van der Waals surface area contributed by atoms with Crippen molar-refractivity contribution in [1.29, 1.82) is 0 Å². The number of carbonyl (C=O) groups is 3. The lowest BCUT2D eigenvalue weighted by atomic mass is 10.0. The minimum absolute atomic E-state index is 0.0448. The molecular weight excluding hydrogens is 518 g/mol. The number of thioether (sulfide) groups is 1. The molecule has 0 saturated carbocycles. The molecule has 2 atom stereocenters. The highest BCUT2D eigenvalue weighted by atomic mass is 32.2. The normalized spacial score (nSPS) is 20.4. The van der Waals surface area contributed by atoms with Crippen molar-refractivity contribution in [2.45, 2.75) is 57.1 Å². The molecule has 39 heavy (non-hydrogen) atoms. The van der Waals surface area contributed by atoms with E-state index < -0.39 is 6.04 Å². The number of piperidine rings is 1. The Labute approximate surface area is 233 Å². The molecule has 0 spiro atoms. The summed E-state index contributed by atoms with van der Waals surface area (Å²) in [6.07, 6.45) is 1.15. The molecule has 5 heterocycles. The number of benzene rings is 2. The molecule has 10 heteroatoms. The first kappa shape index (κ1) is 28.6. The first-order valence-electron chi connectivity index (χ1n) is 13.3. The van der Waals surface area contributed by atoms with Crippen molar-refractivity contribution in [1.82, 2.24) is 15.5 Å². The van der Waals surface area contributed by atoms with E-state index in [0.29, 0.717) is 67.1 Å². The summed E-state index contributed by atoms with van der Waals surface area (Å²) in [5, 5.41) is 6.36. The van der Waals surface area contributed by atoms with E-state index >= 15 is 0 Å². The molecule has 210 valence electrons. The van der Waals surface area contributed by atoms with Crippen LogP contribution < -0.4 is 24.8 Å². The molecule has 1 saturated heterocycles. The van der Waals surface area contributed by atoms with Crippen LogP contribution in [0.25, 0.3) is 0 Å². The van der Waals surface area contributed by atoms with Crippen LogP contribution in [0.1, 0.15) is 37.8 Å². The van der Waals surface area contributed by atoms with Gasteiger partial charge in [0.2, 0.25) is 11.8 Å². The van der Waals surface area contributed by atoms with Crippen molar-refractivity contribution >= 4 is 29.5 Å². The van der Waals surface area contributed by atoms with E-state index in [-0.39, 0.29) is 30.4 Å². The van der Waals surface area contributed by atoms with Gasteiger partial charge in [-0.05, 0) is 47.1 Å². The van der Waals surface area contributed by atoms with Gasteiger partial charge in [0, 0.05) is 32.5 Å². The van der Waals surface area contributed by atoms with E-state index in [1.54, 1.807) is 22.7 Å². The number of likely N-dealkylation sites (tertiary alicyclic amines) is 1. The molecule has 5 aliphatic heterocycles. The van der Waals surface area contributed by atoms with Gasteiger partial charge in [-0.3, -0.25) is 14.4 Å². The fourth-order valence-electron chi connectivity index (χ4n) is 4.55. The molecular formula is C29H37N3O6S. The molecule has 5 aliphatic rings. The van der Waals surface area contributed by atoms with Gasteiger partial charge in [0.1, 0.15) is 11.9 Å². The second-order valence-corrected chi connectivity index (χ2v) is 11.6. The predicted molar refractivity (Wildman–Crippen MR) is 150 cm³/mol. The second kappa shape index (κ2) is 13.6. The first-order valence-corrected chi connectivity index (χ1v) is 14.4. The highest BCUT2D eigenvalue weighted by Crippen LogP contribution is 2.29. The summed E-state index contributed by atoms with van der Waals surface area (Å²) in [6.45, 7) is 5.24. The summed E-state index contributed by atoms with van der Waals surface area (Å²) in [5.74, 6) is 1.70. The predicted octanol–water partition coefficient (Wildman–Crippen LogP) is 2.94. The van der Waals surface area contributed by atoms with Gasteiger partial charge >= 0.3 is 0 Å². The Balaban J connectivity index is 1.53. The summed E-state index contributed by atoms with van der Waals surface area (Å²) in [7, 11) is 1.54. The first-order chi connectivity index (χ1) is 18.8. The zero-order chi connectivity index (χ0) is 27.8. The van der Waals surface area contributed by atoms with Crippen molar-refractivity contribution in [3.8, 4) is 17.2 Å². The van der Waals surface area contributed by atoms with Gasteiger partial charge in [0.15, 0.2) is 18.1 Å². The number of rotatable bonds is 4. The lowest BCUT2D eigenvalue weighted by Crippen LogP contribution is -2.59. The lowest BCUT2D eigenvalue weighted by molar-refractivity contribution is -0.133. The van der Waals surface area contributed by atoms with E-state index in [4.69, 9.17) is 14.2 Å². The van der Waals surface area contributed by atoms with Crippen molar-refractivity contribution in [2.24, 2.45) is 0 Å². The van der Waals surface area contributed by atoms with Crippen LogP contribution >= 0.6 is 11.8 Å². The maximum Gasteiger partial charge on any atom is 0.258 e. The number of hydrogen-bond acceptors (Lipinski definition) is 7. The Kier molecular flexibility index (Phi) is 9.97. The second-order valence-electron chi connectivity index (χ2n) is 10.0. The van der Waals surface area contributed by atoms with Gasteiger partial charge in [-0.2, -0.15) is 0 Å². The van der Waals surface area contributed by atoms with Crippen LogP contribution in [0.2, 0.25) is 0 Å². The lowest BCUT2D eigenvalue weighted by Gasteiger charge is -2.39. The number of nitrogens with one attached hydrogen (secondary N) is 2. The van der Waals surface area contributed by atoms with Crippen molar-refractivity contribution < 1.29 is 28.6 Å². The molecule has 7 rings (SSSR count). The minimum Gasteiger partial charge on any atom is -0.493 e. The van der Waals surface area contributed by atoms with Crippen molar-refractivity contribution in [3.05, 3.63) is 53.6 Å². The van der Waals surface area contributed by atoms with E-state index in [1.807, 2.05) is 36.4 Å². The standard InChI is InChI=1S/C29H37N3O6S/c1-19(2)39-18-29(35)32-13-12-24-23(16-32)31-28(34)17-37-25-10-6-20(14-26(25)36-3)7-11-27(33)30-15-21-4-8-22(38-24)9-5-21/h4-6,8-10,14,19,23-24H,7,11-13,15-18H2,1-3H3,(H,30,33)(H,31,34)/t23-,24-/m1/s1. The van der Waals surface area contributed by atoms with Crippen LogP contribution in [-0.4, -0.2) is 72.6 Å². The molecule has 0 aliphatic carbocycles. The fourth-order valence-corrected chi connectivity index (χ4v) is 5.21. The molecule has 9 nitrogen and oxygen atoms in total. The van der Waals surface area contributed by atoms with E-state index in [0.717, 1.165) is 11.1 Å². The fraction of sp³-hybridized carbons (Fsp3) is 0.483. The highest BCUT2D eigenvalue weighted by Gasteiger charge is 2.34. The number of amides is 3. The third kappa shape index (κ3) is 8.29. The topological polar surface area (TPSA) is 106 Å². The van der Waals surface area contributed by atoms with Gasteiger partial charge in [0.05, 0.1) is 18.9 Å². The van der Waals surface area contributed by atoms with Crippen molar-refractivity contribution in [3.63, 3.8) is 0 Å². The molecule has 2 N–H and O–H groups in total. The zero-order valence-corrected chi connectivity index (χ0v) is 23.6. The zero-order valence-electron chi connectivity index (χ0n) is 22.7. The van der Waals surface area contributed by atoms with Crippen LogP contribution in [0.4, 0.5) is 0 Å². The summed E-state index contributed by atoms with van der Waals surface area (Å²) < 4.78 is 17.6. The maximum atomic E-state index is 13.0. The largest absolute Gasteiger partial charge is 0.493 e. The third-order valence-electron chi connectivity index (χ3n) is 6.72. The average molecular weight is 556 g/mol. The van der Waals surface area contributed by atoms with Crippen LogP contribution in [0, 0.1) is 0 Å². The van der Waals surface area contributed by atoms with Crippen LogP contribution in [-0.2, 0) is 27.3 Å². The van der Waals surface area contributed by atoms with E-state index in [2.05, 4.69) is 24.5 Å². The molecule has 0 radical (unpaired) electrons. The molecule has 1 fully saturated rings. The van der Waals surface area contributed by atoms with Crippen molar-refractivity contribution in [2.75, 3.05) is 32.6 Å². The van der Waals surface area contributed by atoms with Gasteiger partial charge in [-0.25, -0.2) is 0 Å². The van der Waals surface area contributed by atoms with Gasteiger partial charge in [0.25, 0.3) is 5.91 Å². The summed E-state index contributed by atoms with van der Waals surface area (Å²) in [5.41, 5.74) is 1.89.